The van der Waals surface area contributed by atoms with E-state index in [0.717, 1.165) is 24.2 Å². The number of carbonyl (C=O) groups is 1. The van der Waals surface area contributed by atoms with Crippen molar-refractivity contribution >= 4 is 23.2 Å². The van der Waals surface area contributed by atoms with Crippen LogP contribution in [0.3, 0.4) is 0 Å². The molecule has 80 valence electrons. The van der Waals surface area contributed by atoms with Crippen LogP contribution in [-0.4, -0.2) is 18.5 Å². The van der Waals surface area contributed by atoms with E-state index in [-0.39, 0.29) is 11.9 Å². The second-order valence-corrected chi connectivity index (χ2v) is 4.18. The average Bonchev–Trinajstić information content (AvgIpc) is 2.07. The maximum absolute atomic E-state index is 11.6. The van der Waals surface area contributed by atoms with Gasteiger partial charge in [-0.1, -0.05) is 11.6 Å². The Bertz CT molecular complexity index is 388. The minimum absolute atomic E-state index is 0.0277. The molecule has 1 fully saturated rings. The Morgan fingerprint density at radius 1 is 1.60 bits per heavy atom. The number of nitrogens with one attached hydrogen (secondary N) is 2. The Labute approximate surface area is 93.8 Å². The molecular formula is C11H13ClN2O. The van der Waals surface area contributed by atoms with E-state index >= 15 is 0 Å². The highest BCUT2D eigenvalue weighted by Gasteiger charge is 2.24. The lowest BCUT2D eigenvalue weighted by molar-refractivity contribution is -0.119. The van der Waals surface area contributed by atoms with Crippen LogP contribution in [0, 0.1) is 6.92 Å². The molecule has 2 rings (SSSR count). The summed E-state index contributed by atoms with van der Waals surface area (Å²) >= 11 is 5.83. The number of hydrogen-bond acceptors (Lipinski definition) is 2. The Kier molecular flexibility index (Phi) is 2.93. The number of anilines is 1. The Morgan fingerprint density at radius 2 is 2.33 bits per heavy atom. The molecule has 1 atom stereocenters. The summed E-state index contributed by atoms with van der Waals surface area (Å²) in [6.07, 6.45) is 0.915. The molecule has 1 aromatic rings. The van der Waals surface area contributed by atoms with Crippen molar-refractivity contribution in [2.24, 2.45) is 0 Å². The molecule has 1 heterocycles. The van der Waals surface area contributed by atoms with Gasteiger partial charge in [-0.3, -0.25) is 4.79 Å². The predicted molar refractivity (Wildman–Crippen MR) is 61.2 cm³/mol. The molecule has 3 nitrogen and oxygen atoms in total. The van der Waals surface area contributed by atoms with E-state index in [0.29, 0.717) is 5.02 Å². The summed E-state index contributed by atoms with van der Waals surface area (Å²) in [6, 6.07) is 5.41. The summed E-state index contributed by atoms with van der Waals surface area (Å²) in [4.78, 5) is 11.6. The number of carbonyl (C=O) groups excluding carboxylic acids is 1. The molecule has 2 N–H and O–H groups in total. The molecule has 1 saturated heterocycles. The summed E-state index contributed by atoms with van der Waals surface area (Å²) in [5.41, 5.74) is 1.81. The van der Waals surface area contributed by atoms with Gasteiger partial charge >= 0.3 is 0 Å². The predicted octanol–water partition coefficient (Wildman–Crippen LogP) is 1.95. The molecule has 0 radical (unpaired) electrons. The molecule has 4 heteroatoms. The van der Waals surface area contributed by atoms with Gasteiger partial charge in [0, 0.05) is 10.7 Å². The fourth-order valence-corrected chi connectivity index (χ4v) is 1.73. The van der Waals surface area contributed by atoms with Gasteiger partial charge in [-0.25, -0.2) is 0 Å². The number of benzene rings is 1. The fourth-order valence-electron chi connectivity index (χ4n) is 1.50. The highest BCUT2D eigenvalue weighted by Crippen LogP contribution is 2.20. The molecule has 0 spiro atoms. The third-order valence-electron chi connectivity index (χ3n) is 2.59. The molecule has 1 amide bonds. The Morgan fingerprint density at radius 3 is 2.87 bits per heavy atom. The molecule has 1 aliphatic rings. The third-order valence-corrected chi connectivity index (χ3v) is 2.82. The van der Waals surface area contributed by atoms with Gasteiger partial charge in [0.25, 0.3) is 0 Å². The lowest BCUT2D eigenvalue weighted by atomic mass is 10.1. The summed E-state index contributed by atoms with van der Waals surface area (Å²) in [5, 5.41) is 6.62. The lowest BCUT2D eigenvalue weighted by Gasteiger charge is -2.26. The van der Waals surface area contributed by atoms with E-state index in [4.69, 9.17) is 11.6 Å². The van der Waals surface area contributed by atoms with E-state index in [1.54, 1.807) is 6.07 Å². The zero-order valence-electron chi connectivity index (χ0n) is 8.51. The minimum Gasteiger partial charge on any atom is -0.324 e. The second kappa shape index (κ2) is 4.21. The van der Waals surface area contributed by atoms with Crippen LogP contribution in [0.4, 0.5) is 5.69 Å². The van der Waals surface area contributed by atoms with Crippen LogP contribution >= 0.6 is 11.6 Å². The van der Waals surface area contributed by atoms with Gasteiger partial charge in [0.1, 0.15) is 0 Å². The number of amides is 1. The molecule has 0 aromatic heterocycles. The van der Waals surface area contributed by atoms with Crippen molar-refractivity contribution in [2.75, 3.05) is 11.9 Å². The smallest absolute Gasteiger partial charge is 0.241 e. The number of hydrogen-bond donors (Lipinski definition) is 2. The summed E-state index contributed by atoms with van der Waals surface area (Å²) in [5.74, 6) is 0.0340. The van der Waals surface area contributed by atoms with Gasteiger partial charge in [0.05, 0.1) is 6.04 Å². The van der Waals surface area contributed by atoms with Crippen LogP contribution in [0.5, 0.6) is 0 Å². The standard InChI is InChI=1S/C11H13ClN2O/c1-7-6-8(12)2-3-9(7)14-11(15)10-4-5-13-10/h2-3,6,10,13H,4-5H2,1H3,(H,14,15)/t10-/m1/s1. The SMILES string of the molecule is Cc1cc(Cl)ccc1NC(=O)[C@H]1CCN1. The zero-order chi connectivity index (χ0) is 10.8. The van der Waals surface area contributed by atoms with E-state index in [1.807, 2.05) is 19.1 Å². The van der Waals surface area contributed by atoms with E-state index in [1.165, 1.54) is 0 Å². The first-order valence-electron chi connectivity index (χ1n) is 4.97. The Balaban J connectivity index is 2.06. The highest BCUT2D eigenvalue weighted by molar-refractivity contribution is 6.30. The van der Waals surface area contributed by atoms with Crippen LogP contribution in [0.15, 0.2) is 18.2 Å². The molecule has 0 aliphatic carbocycles. The molecule has 0 saturated carbocycles. The monoisotopic (exact) mass is 224 g/mol. The Hall–Kier alpha value is -1.06. The molecule has 0 unspecified atom stereocenters. The van der Waals surface area contributed by atoms with Gasteiger partial charge in [-0.15, -0.1) is 0 Å². The van der Waals surface area contributed by atoms with Crippen molar-refractivity contribution in [3.05, 3.63) is 28.8 Å². The van der Waals surface area contributed by atoms with E-state index < -0.39 is 0 Å². The average molecular weight is 225 g/mol. The van der Waals surface area contributed by atoms with Crippen LogP contribution in [0.25, 0.3) is 0 Å². The number of aryl methyl sites for hydroxylation is 1. The second-order valence-electron chi connectivity index (χ2n) is 3.74. The lowest BCUT2D eigenvalue weighted by Crippen LogP contribution is -2.50. The van der Waals surface area contributed by atoms with Crippen LogP contribution in [-0.2, 0) is 4.79 Å². The van der Waals surface area contributed by atoms with Crippen LogP contribution < -0.4 is 10.6 Å². The van der Waals surface area contributed by atoms with Crippen molar-refractivity contribution in [1.82, 2.24) is 5.32 Å². The molecule has 15 heavy (non-hydrogen) atoms. The normalized spacial score (nSPS) is 19.5. The summed E-state index contributed by atoms with van der Waals surface area (Å²) in [6.45, 7) is 2.85. The molecule has 1 aromatic carbocycles. The zero-order valence-corrected chi connectivity index (χ0v) is 9.27. The minimum atomic E-state index is -0.0277. The van der Waals surface area contributed by atoms with Crippen molar-refractivity contribution in [3.63, 3.8) is 0 Å². The topological polar surface area (TPSA) is 41.1 Å². The molecule has 1 aliphatic heterocycles. The quantitative estimate of drug-likeness (QED) is 0.806. The van der Waals surface area contributed by atoms with E-state index in [2.05, 4.69) is 10.6 Å². The van der Waals surface area contributed by atoms with E-state index in [9.17, 15) is 4.79 Å². The van der Waals surface area contributed by atoms with Crippen molar-refractivity contribution in [2.45, 2.75) is 19.4 Å². The van der Waals surface area contributed by atoms with Gasteiger partial charge < -0.3 is 10.6 Å². The van der Waals surface area contributed by atoms with Crippen molar-refractivity contribution in [1.29, 1.82) is 0 Å². The van der Waals surface area contributed by atoms with Crippen molar-refractivity contribution < 1.29 is 4.79 Å². The summed E-state index contributed by atoms with van der Waals surface area (Å²) < 4.78 is 0. The van der Waals surface area contributed by atoms with Crippen LogP contribution in [0.1, 0.15) is 12.0 Å². The first kappa shape index (κ1) is 10.5. The molecule has 0 bridgehead atoms. The fraction of sp³-hybridized carbons (Fsp3) is 0.364. The third kappa shape index (κ3) is 2.30. The number of rotatable bonds is 2. The summed E-state index contributed by atoms with van der Waals surface area (Å²) in [7, 11) is 0. The first-order valence-corrected chi connectivity index (χ1v) is 5.35. The highest BCUT2D eigenvalue weighted by atomic mass is 35.5. The number of halogens is 1. The van der Waals surface area contributed by atoms with Crippen molar-refractivity contribution in [3.8, 4) is 0 Å². The van der Waals surface area contributed by atoms with Gasteiger partial charge in [-0.05, 0) is 43.7 Å². The van der Waals surface area contributed by atoms with Gasteiger partial charge in [0.2, 0.25) is 5.91 Å². The van der Waals surface area contributed by atoms with Gasteiger partial charge in [0.15, 0.2) is 0 Å². The largest absolute Gasteiger partial charge is 0.324 e. The van der Waals surface area contributed by atoms with Gasteiger partial charge in [-0.2, -0.15) is 0 Å². The maximum Gasteiger partial charge on any atom is 0.241 e. The maximum atomic E-state index is 11.6. The molecular weight excluding hydrogens is 212 g/mol. The van der Waals surface area contributed by atoms with Crippen LogP contribution in [0.2, 0.25) is 5.02 Å². The first-order chi connectivity index (χ1) is 7.16.